The van der Waals surface area contributed by atoms with Crippen molar-refractivity contribution in [3.63, 3.8) is 0 Å². The number of benzene rings is 2. The van der Waals surface area contributed by atoms with Crippen LogP contribution in [0.1, 0.15) is 22.3 Å². The summed E-state index contributed by atoms with van der Waals surface area (Å²) < 4.78 is 5.94. The lowest BCUT2D eigenvalue weighted by Crippen LogP contribution is -2.42. The fraction of sp³-hybridized carbons (Fsp3) is 0.143. The first-order valence-corrected chi connectivity index (χ1v) is 8.79. The molecule has 1 unspecified atom stereocenters. The molecule has 1 aliphatic rings. The van der Waals surface area contributed by atoms with E-state index in [1.54, 1.807) is 42.5 Å². The van der Waals surface area contributed by atoms with Crippen LogP contribution >= 0.6 is 11.6 Å². The largest absolute Gasteiger partial charge is 0.459 e. The third-order valence-electron chi connectivity index (χ3n) is 4.07. The van der Waals surface area contributed by atoms with Crippen LogP contribution in [-0.4, -0.2) is 17.1 Å². The number of aryl methyl sites for hydroxylation is 2. The summed E-state index contributed by atoms with van der Waals surface area (Å²) in [6.45, 7) is 3.64. The van der Waals surface area contributed by atoms with Crippen molar-refractivity contribution in [2.45, 2.75) is 19.2 Å². The first kappa shape index (κ1) is 19.2. The summed E-state index contributed by atoms with van der Waals surface area (Å²) in [6, 6.07) is 14.2. The van der Waals surface area contributed by atoms with Gasteiger partial charge in [0.2, 0.25) is 0 Å². The maximum atomic E-state index is 12.2. The first-order valence-electron chi connectivity index (χ1n) is 8.36. The van der Waals surface area contributed by atoms with Crippen molar-refractivity contribution in [1.82, 2.24) is 5.32 Å². The Balaban J connectivity index is 1.95. The predicted octanol–water partition coefficient (Wildman–Crippen LogP) is 3.78. The molecule has 138 valence electrons. The van der Waals surface area contributed by atoms with Crippen molar-refractivity contribution >= 4 is 29.0 Å². The number of nitrogens with zero attached hydrogens (tertiary/aromatic N) is 3. The summed E-state index contributed by atoms with van der Waals surface area (Å²) in [6.07, 6.45) is 1.56. The molecular formula is C21H15ClN4O2. The quantitative estimate of drug-likeness (QED) is 0.806. The average Bonchev–Trinajstić information content (AvgIpc) is 2.68. The van der Waals surface area contributed by atoms with Crippen molar-refractivity contribution in [2.24, 2.45) is 4.99 Å². The van der Waals surface area contributed by atoms with Gasteiger partial charge in [0, 0.05) is 6.08 Å². The van der Waals surface area contributed by atoms with E-state index in [0.29, 0.717) is 22.6 Å². The van der Waals surface area contributed by atoms with E-state index in [1.165, 1.54) is 0 Å². The van der Waals surface area contributed by atoms with Gasteiger partial charge in [-0.1, -0.05) is 0 Å². The van der Waals surface area contributed by atoms with Crippen molar-refractivity contribution in [1.29, 1.82) is 10.5 Å². The van der Waals surface area contributed by atoms with E-state index in [1.807, 2.05) is 19.9 Å². The van der Waals surface area contributed by atoms with Crippen molar-refractivity contribution in [3.8, 4) is 17.9 Å². The first-order chi connectivity index (χ1) is 13.4. The number of hydrogen-bond donors (Lipinski definition) is 1. The minimum Gasteiger partial charge on any atom is -0.459 e. The Morgan fingerprint density at radius 1 is 1.07 bits per heavy atom. The Kier molecular flexibility index (Phi) is 5.44. The molecule has 1 amide bonds. The molecule has 0 spiro atoms. The van der Waals surface area contributed by atoms with E-state index < -0.39 is 11.3 Å². The smallest absolute Gasteiger partial charge is 0.251 e. The third-order valence-corrected chi connectivity index (χ3v) is 4.48. The molecular weight excluding hydrogens is 376 g/mol. The monoisotopic (exact) mass is 390 g/mol. The molecule has 2 aromatic rings. The minimum absolute atomic E-state index is 0.244. The number of amidine groups is 1. The second kappa shape index (κ2) is 7.96. The lowest BCUT2D eigenvalue weighted by molar-refractivity contribution is -0.119. The van der Waals surface area contributed by atoms with Gasteiger partial charge < -0.3 is 10.1 Å². The molecule has 0 saturated heterocycles. The highest BCUT2D eigenvalue weighted by Gasteiger charge is 2.29. The van der Waals surface area contributed by atoms with Gasteiger partial charge in [0.1, 0.15) is 17.3 Å². The summed E-state index contributed by atoms with van der Waals surface area (Å²) in [5, 5.41) is 19.6. The number of hydrogen-bond acceptors (Lipinski definition) is 5. The molecule has 7 heteroatoms. The van der Waals surface area contributed by atoms with Crippen LogP contribution < -0.4 is 10.1 Å². The summed E-state index contributed by atoms with van der Waals surface area (Å²) in [5.41, 5.74) is 3.14. The summed E-state index contributed by atoms with van der Waals surface area (Å²) in [4.78, 5) is 16.6. The average molecular weight is 391 g/mol. The summed E-state index contributed by atoms with van der Waals surface area (Å²) in [7, 11) is 0. The van der Waals surface area contributed by atoms with Crippen LogP contribution in [0.25, 0.3) is 0 Å². The van der Waals surface area contributed by atoms with Crippen molar-refractivity contribution in [2.75, 3.05) is 0 Å². The van der Waals surface area contributed by atoms with Gasteiger partial charge >= 0.3 is 0 Å². The highest BCUT2D eigenvalue weighted by Crippen LogP contribution is 2.29. The topological polar surface area (TPSA) is 98.3 Å². The molecule has 0 aromatic heterocycles. The fourth-order valence-electron chi connectivity index (χ4n) is 2.75. The molecule has 1 atom stereocenters. The number of nitriles is 2. The maximum Gasteiger partial charge on any atom is 0.251 e. The molecule has 1 heterocycles. The number of halogens is 1. The zero-order valence-electron chi connectivity index (χ0n) is 15.2. The molecule has 0 radical (unpaired) electrons. The second-order valence-corrected chi connectivity index (χ2v) is 6.64. The van der Waals surface area contributed by atoms with Gasteiger partial charge in [-0.05, 0) is 61.4 Å². The third kappa shape index (κ3) is 4.03. The van der Waals surface area contributed by atoms with Gasteiger partial charge in [0.05, 0.1) is 29.0 Å². The number of amides is 1. The molecule has 1 N–H and O–H groups in total. The van der Waals surface area contributed by atoms with Gasteiger partial charge in [-0.15, -0.1) is 11.6 Å². The number of carbonyl (C=O) groups excluding carboxylic acids is 1. The highest BCUT2D eigenvalue weighted by molar-refractivity contribution is 6.35. The normalized spacial score (nSPS) is 17.3. The molecule has 0 bridgehead atoms. The van der Waals surface area contributed by atoms with Crippen LogP contribution in [0.2, 0.25) is 0 Å². The molecule has 2 aromatic carbocycles. The summed E-state index contributed by atoms with van der Waals surface area (Å²) >= 11 is 6.21. The number of rotatable bonds is 3. The zero-order chi connectivity index (χ0) is 20.3. The Morgan fingerprint density at radius 2 is 1.68 bits per heavy atom. The van der Waals surface area contributed by atoms with Crippen LogP contribution in [0.5, 0.6) is 5.75 Å². The number of ether oxygens (including phenoxy) is 1. The lowest BCUT2D eigenvalue weighted by atomic mass is 10.1. The molecule has 3 rings (SSSR count). The number of aliphatic imine (C=N–C) groups is 1. The van der Waals surface area contributed by atoms with E-state index in [-0.39, 0.29) is 11.6 Å². The molecule has 0 fully saturated rings. The Morgan fingerprint density at radius 3 is 2.25 bits per heavy atom. The molecule has 1 aliphatic heterocycles. The van der Waals surface area contributed by atoms with E-state index in [9.17, 15) is 4.79 Å². The SMILES string of the molecule is Cc1cc(C#N)cc(C)c1OC1=CC(=Nc2ccc(C#N)cc2)NC(=O)C1Cl. The summed E-state index contributed by atoms with van der Waals surface area (Å²) in [5.74, 6) is 0.623. The van der Waals surface area contributed by atoms with Crippen molar-refractivity contribution in [3.05, 3.63) is 70.5 Å². The number of alkyl halides is 1. The predicted molar refractivity (Wildman–Crippen MR) is 105 cm³/mol. The van der Waals surface area contributed by atoms with Gasteiger partial charge in [0.25, 0.3) is 5.91 Å². The van der Waals surface area contributed by atoms with E-state index in [4.69, 9.17) is 26.9 Å². The van der Waals surface area contributed by atoms with Gasteiger partial charge in [0.15, 0.2) is 5.38 Å². The van der Waals surface area contributed by atoms with Crippen LogP contribution in [0.15, 0.2) is 53.2 Å². The highest BCUT2D eigenvalue weighted by atomic mass is 35.5. The Labute approximate surface area is 167 Å². The van der Waals surface area contributed by atoms with Gasteiger partial charge in [-0.2, -0.15) is 10.5 Å². The number of nitrogens with one attached hydrogen (secondary N) is 1. The van der Waals surface area contributed by atoms with Gasteiger partial charge in [-0.3, -0.25) is 4.79 Å². The van der Waals surface area contributed by atoms with Crippen LogP contribution in [0, 0.1) is 36.5 Å². The molecule has 28 heavy (non-hydrogen) atoms. The maximum absolute atomic E-state index is 12.2. The molecule has 6 nitrogen and oxygen atoms in total. The van der Waals surface area contributed by atoms with Gasteiger partial charge in [-0.25, -0.2) is 4.99 Å². The zero-order valence-corrected chi connectivity index (χ0v) is 15.9. The Bertz CT molecular complexity index is 1070. The van der Waals surface area contributed by atoms with E-state index >= 15 is 0 Å². The minimum atomic E-state index is -1.01. The van der Waals surface area contributed by atoms with Crippen molar-refractivity contribution < 1.29 is 9.53 Å². The number of carbonyl (C=O) groups is 1. The standard InChI is InChI=1S/C21H15ClN4O2/c1-12-7-15(11-24)8-13(2)20(12)28-17-9-18(26-21(27)19(17)22)25-16-5-3-14(10-23)4-6-16/h3-9,19H,1-2H3,(H,25,26,27). The lowest BCUT2D eigenvalue weighted by Gasteiger charge is -2.22. The molecule has 0 saturated carbocycles. The van der Waals surface area contributed by atoms with E-state index in [0.717, 1.165) is 11.1 Å². The van der Waals surface area contributed by atoms with Crippen LogP contribution in [0.4, 0.5) is 5.69 Å². The van der Waals surface area contributed by atoms with Crippen LogP contribution in [-0.2, 0) is 4.79 Å². The second-order valence-electron chi connectivity index (χ2n) is 6.21. The Hall–Kier alpha value is -3.61. The van der Waals surface area contributed by atoms with Crippen LogP contribution in [0.3, 0.4) is 0 Å². The fourth-order valence-corrected chi connectivity index (χ4v) is 2.91. The van der Waals surface area contributed by atoms with E-state index in [2.05, 4.69) is 16.4 Å². The molecule has 0 aliphatic carbocycles.